The minimum Gasteiger partial charge on any atom is -0.369 e. The van der Waals surface area contributed by atoms with E-state index in [9.17, 15) is 4.39 Å². The first-order valence-electron chi connectivity index (χ1n) is 12.0. The Morgan fingerprint density at radius 2 is 1.66 bits per heavy atom. The smallest absolute Gasteiger partial charge is 0.127 e. The number of nitrogens with zero attached hydrogens (tertiary/aromatic N) is 4. The van der Waals surface area contributed by atoms with Gasteiger partial charge in [-0.05, 0) is 64.2 Å². The van der Waals surface area contributed by atoms with Gasteiger partial charge in [0.1, 0.15) is 5.82 Å². The zero-order chi connectivity index (χ0) is 22.8. The van der Waals surface area contributed by atoms with Crippen molar-refractivity contribution in [1.82, 2.24) is 14.7 Å². The van der Waals surface area contributed by atoms with Gasteiger partial charge in [-0.3, -0.25) is 9.80 Å². The third-order valence-corrected chi connectivity index (χ3v) is 7.49. The minimum atomic E-state index is -0.0863. The summed E-state index contributed by atoms with van der Waals surface area (Å²) in [6.45, 7) is 13.6. The van der Waals surface area contributed by atoms with E-state index < -0.39 is 0 Å². The van der Waals surface area contributed by atoms with E-state index in [-0.39, 0.29) is 5.82 Å². The lowest BCUT2D eigenvalue weighted by Gasteiger charge is -2.38. The van der Waals surface area contributed by atoms with Gasteiger partial charge in [0.05, 0.1) is 0 Å². The maximum Gasteiger partial charge on any atom is 0.127 e. The van der Waals surface area contributed by atoms with Gasteiger partial charge in [-0.1, -0.05) is 24.3 Å². The van der Waals surface area contributed by atoms with Crippen LogP contribution < -0.4 is 4.90 Å². The normalized spacial score (nSPS) is 22.9. The third kappa shape index (κ3) is 5.00. The Morgan fingerprint density at radius 3 is 2.25 bits per heavy atom. The zero-order valence-corrected chi connectivity index (χ0v) is 20.4. The molecule has 0 spiro atoms. The second-order valence-electron chi connectivity index (χ2n) is 10.1. The molecule has 2 unspecified atom stereocenters. The average molecular weight is 439 g/mol. The molecule has 2 aliphatic heterocycles. The maximum atomic E-state index is 14.4. The maximum absolute atomic E-state index is 14.4. The van der Waals surface area contributed by atoms with Gasteiger partial charge in [-0.15, -0.1) is 0 Å². The van der Waals surface area contributed by atoms with Gasteiger partial charge < -0.3 is 9.80 Å². The summed E-state index contributed by atoms with van der Waals surface area (Å²) in [5.41, 5.74) is 4.59. The molecule has 2 aliphatic rings. The summed E-state index contributed by atoms with van der Waals surface area (Å²) < 4.78 is 14.4. The van der Waals surface area contributed by atoms with Gasteiger partial charge in [-0.25, -0.2) is 4.39 Å². The quantitative estimate of drug-likeness (QED) is 0.670. The van der Waals surface area contributed by atoms with Crippen molar-refractivity contribution in [3.05, 3.63) is 65.0 Å². The Labute approximate surface area is 193 Å². The van der Waals surface area contributed by atoms with Crippen LogP contribution in [0.25, 0.3) is 0 Å². The first-order valence-corrected chi connectivity index (χ1v) is 12.0. The van der Waals surface area contributed by atoms with Gasteiger partial charge in [0.2, 0.25) is 0 Å². The molecule has 4 rings (SSSR count). The van der Waals surface area contributed by atoms with Crippen LogP contribution in [0.4, 0.5) is 10.1 Å². The summed E-state index contributed by atoms with van der Waals surface area (Å²) in [4.78, 5) is 9.81. The fourth-order valence-corrected chi connectivity index (χ4v) is 5.37. The number of likely N-dealkylation sites (tertiary alicyclic amines) is 1. The summed E-state index contributed by atoms with van der Waals surface area (Å²) in [6.07, 6.45) is 0. The molecule has 4 nitrogen and oxygen atoms in total. The van der Waals surface area contributed by atoms with Crippen LogP contribution in [0.3, 0.4) is 0 Å². The highest BCUT2D eigenvalue weighted by Gasteiger charge is 2.35. The molecule has 2 aromatic rings. The molecule has 2 aromatic carbocycles. The number of aryl methyl sites for hydroxylation is 1. The first-order chi connectivity index (χ1) is 15.3. The summed E-state index contributed by atoms with van der Waals surface area (Å²) in [5.74, 6) is 0.348. The Hall–Kier alpha value is -1.95. The lowest BCUT2D eigenvalue weighted by Crippen LogP contribution is -2.48. The van der Waals surface area contributed by atoms with E-state index in [2.05, 4.69) is 71.8 Å². The van der Waals surface area contributed by atoms with Crippen LogP contribution in [-0.2, 0) is 6.54 Å². The lowest BCUT2D eigenvalue weighted by molar-refractivity contribution is 0.209. The second kappa shape index (κ2) is 9.90. The fourth-order valence-electron chi connectivity index (χ4n) is 5.37. The van der Waals surface area contributed by atoms with Gasteiger partial charge in [-0.2, -0.15) is 0 Å². The molecule has 174 valence electrons. The lowest BCUT2D eigenvalue weighted by atomic mass is 9.93. The molecule has 0 bridgehead atoms. The molecule has 0 radical (unpaired) electrons. The number of anilines is 1. The monoisotopic (exact) mass is 438 g/mol. The van der Waals surface area contributed by atoms with Gasteiger partial charge in [0.25, 0.3) is 0 Å². The number of halogens is 1. The molecule has 2 fully saturated rings. The van der Waals surface area contributed by atoms with Crippen LogP contribution >= 0.6 is 0 Å². The first kappa shape index (κ1) is 23.2. The highest BCUT2D eigenvalue weighted by Crippen LogP contribution is 2.33. The van der Waals surface area contributed by atoms with E-state index in [0.717, 1.165) is 50.4 Å². The molecule has 32 heavy (non-hydrogen) atoms. The van der Waals surface area contributed by atoms with E-state index in [4.69, 9.17) is 0 Å². The molecule has 0 aromatic heterocycles. The summed E-state index contributed by atoms with van der Waals surface area (Å²) in [5, 5.41) is 0. The third-order valence-electron chi connectivity index (χ3n) is 7.49. The van der Waals surface area contributed by atoms with Crippen LogP contribution in [0.2, 0.25) is 0 Å². The van der Waals surface area contributed by atoms with E-state index in [1.807, 2.05) is 13.0 Å². The van der Waals surface area contributed by atoms with E-state index in [1.165, 1.54) is 11.3 Å². The fraction of sp³-hybridized carbons (Fsp3) is 0.556. The van der Waals surface area contributed by atoms with Crippen LogP contribution in [-0.4, -0.2) is 80.1 Å². The minimum absolute atomic E-state index is 0.0863. The van der Waals surface area contributed by atoms with Crippen molar-refractivity contribution < 1.29 is 4.39 Å². The number of benzene rings is 2. The van der Waals surface area contributed by atoms with Crippen molar-refractivity contribution >= 4 is 5.69 Å². The Morgan fingerprint density at radius 1 is 0.969 bits per heavy atom. The second-order valence-corrected chi connectivity index (χ2v) is 10.1. The van der Waals surface area contributed by atoms with Crippen molar-refractivity contribution in [2.75, 3.05) is 58.3 Å². The number of piperazine rings is 1. The predicted molar refractivity (Wildman–Crippen MR) is 132 cm³/mol. The van der Waals surface area contributed by atoms with Crippen molar-refractivity contribution in [1.29, 1.82) is 0 Å². The topological polar surface area (TPSA) is 13.0 Å². The summed E-state index contributed by atoms with van der Waals surface area (Å²) in [6, 6.07) is 15.7. The predicted octanol–water partition coefficient (Wildman–Crippen LogP) is 4.19. The molecular weight excluding hydrogens is 399 g/mol. The van der Waals surface area contributed by atoms with Gasteiger partial charge in [0.15, 0.2) is 0 Å². The van der Waals surface area contributed by atoms with E-state index in [1.54, 1.807) is 12.1 Å². The van der Waals surface area contributed by atoms with Crippen molar-refractivity contribution in [2.45, 2.75) is 45.3 Å². The molecule has 0 aliphatic carbocycles. The molecule has 0 N–H and O–H groups in total. The van der Waals surface area contributed by atoms with Crippen molar-refractivity contribution in [3.63, 3.8) is 0 Å². The highest BCUT2D eigenvalue weighted by molar-refractivity contribution is 5.49. The van der Waals surface area contributed by atoms with Gasteiger partial charge >= 0.3 is 0 Å². The Bertz CT molecular complexity index is 867. The summed E-state index contributed by atoms with van der Waals surface area (Å²) >= 11 is 0. The molecular formula is C27H39FN4. The van der Waals surface area contributed by atoms with E-state index in [0.29, 0.717) is 24.5 Å². The SMILES string of the molecule is Cc1cccc(F)c1CN1CC(c2ccc(N3CCN(C(C)C)CC3)cc2)C(N(C)C)C1. The molecule has 0 saturated carbocycles. The standard InChI is InChI=1S/C27H39FN4/c1-20(2)31-13-15-32(16-14-31)23-11-9-22(10-12-23)25-18-30(19-27(25)29(4)5)17-24-21(3)7-6-8-26(24)28/h6-12,20,25,27H,13-19H2,1-5H3. The largest absolute Gasteiger partial charge is 0.369 e. The Kier molecular flexibility index (Phi) is 7.18. The van der Waals surface area contributed by atoms with Crippen molar-refractivity contribution in [2.24, 2.45) is 0 Å². The molecule has 2 saturated heterocycles. The van der Waals surface area contributed by atoms with Crippen LogP contribution in [0.1, 0.15) is 36.5 Å². The van der Waals surface area contributed by atoms with Gasteiger partial charge in [0, 0.05) is 75.1 Å². The summed E-state index contributed by atoms with van der Waals surface area (Å²) in [7, 11) is 4.33. The van der Waals surface area contributed by atoms with Crippen LogP contribution in [0.5, 0.6) is 0 Å². The average Bonchev–Trinajstić information content (AvgIpc) is 3.21. The number of hydrogen-bond donors (Lipinski definition) is 0. The number of rotatable bonds is 6. The van der Waals surface area contributed by atoms with Crippen molar-refractivity contribution in [3.8, 4) is 0 Å². The van der Waals surface area contributed by atoms with Crippen LogP contribution in [0, 0.1) is 12.7 Å². The zero-order valence-electron chi connectivity index (χ0n) is 20.4. The van der Waals surface area contributed by atoms with E-state index >= 15 is 0 Å². The molecule has 5 heteroatoms. The molecule has 2 heterocycles. The number of likely N-dealkylation sites (N-methyl/N-ethyl adjacent to an activating group) is 1. The van der Waals surface area contributed by atoms with Crippen LogP contribution in [0.15, 0.2) is 42.5 Å². The molecule has 0 amide bonds. The number of hydrogen-bond acceptors (Lipinski definition) is 4. The Balaban J connectivity index is 1.45. The molecule has 2 atom stereocenters. The highest BCUT2D eigenvalue weighted by atomic mass is 19.1.